The van der Waals surface area contributed by atoms with Crippen LogP contribution in [0, 0.1) is 5.92 Å². The summed E-state index contributed by atoms with van der Waals surface area (Å²) in [6, 6.07) is 9.05. The summed E-state index contributed by atoms with van der Waals surface area (Å²) in [6.45, 7) is 3.59. The summed E-state index contributed by atoms with van der Waals surface area (Å²) in [5, 5.41) is 0.0262. The zero-order valence-corrected chi connectivity index (χ0v) is 17.2. The van der Waals surface area contributed by atoms with Gasteiger partial charge in [-0.25, -0.2) is 13.4 Å². The van der Waals surface area contributed by atoms with Crippen molar-refractivity contribution in [3.05, 3.63) is 47.8 Å². The fourth-order valence-corrected chi connectivity index (χ4v) is 4.69. The second-order valence-corrected chi connectivity index (χ2v) is 8.93. The molecule has 1 aliphatic carbocycles. The van der Waals surface area contributed by atoms with E-state index < -0.39 is 9.84 Å². The fourth-order valence-electron chi connectivity index (χ4n) is 3.18. The Labute approximate surface area is 166 Å². The molecule has 1 heterocycles. The lowest BCUT2D eigenvalue weighted by atomic mass is 10.2. The molecule has 1 aromatic heterocycles. The third kappa shape index (κ3) is 4.80. The van der Waals surface area contributed by atoms with E-state index in [1.165, 1.54) is 0 Å². The van der Waals surface area contributed by atoms with E-state index in [9.17, 15) is 13.2 Å². The van der Waals surface area contributed by atoms with Crippen molar-refractivity contribution < 1.29 is 17.9 Å². The lowest BCUT2D eigenvalue weighted by molar-refractivity contribution is -0.133. The van der Waals surface area contributed by atoms with Crippen LogP contribution in [0.2, 0.25) is 0 Å². The fraction of sp³-hybridized carbons (Fsp3) is 0.500. The van der Waals surface area contributed by atoms with Crippen molar-refractivity contribution in [2.75, 3.05) is 20.3 Å². The first kappa shape index (κ1) is 20.5. The number of amides is 1. The minimum absolute atomic E-state index is 0.0262. The molecule has 0 saturated heterocycles. The van der Waals surface area contributed by atoms with Crippen LogP contribution in [0.3, 0.4) is 0 Å². The third-order valence-electron chi connectivity index (χ3n) is 4.87. The van der Waals surface area contributed by atoms with Crippen molar-refractivity contribution in [1.82, 2.24) is 14.5 Å². The van der Waals surface area contributed by atoms with Crippen LogP contribution in [0.4, 0.5) is 0 Å². The molecule has 0 atom stereocenters. The van der Waals surface area contributed by atoms with Gasteiger partial charge >= 0.3 is 0 Å². The van der Waals surface area contributed by atoms with Gasteiger partial charge in [-0.3, -0.25) is 4.79 Å². The molecule has 28 heavy (non-hydrogen) atoms. The molecule has 0 spiro atoms. The molecule has 8 heteroatoms. The van der Waals surface area contributed by atoms with Gasteiger partial charge in [-0.2, -0.15) is 0 Å². The number of ether oxygens (including phenoxy) is 1. The quantitative estimate of drug-likeness (QED) is 0.606. The maximum atomic E-state index is 13.0. The number of carbonyl (C=O) groups excluding carboxylic acids is 1. The topological polar surface area (TPSA) is 81.5 Å². The van der Waals surface area contributed by atoms with E-state index >= 15 is 0 Å². The molecule has 0 N–H and O–H groups in total. The molecule has 0 aliphatic heterocycles. The Morgan fingerprint density at radius 3 is 2.61 bits per heavy atom. The van der Waals surface area contributed by atoms with Gasteiger partial charge in [0.15, 0.2) is 0 Å². The van der Waals surface area contributed by atoms with E-state index in [-0.39, 0.29) is 22.7 Å². The van der Waals surface area contributed by atoms with Gasteiger partial charge in [-0.05, 0) is 25.3 Å². The van der Waals surface area contributed by atoms with Gasteiger partial charge < -0.3 is 14.2 Å². The van der Waals surface area contributed by atoms with E-state index in [0.717, 1.165) is 12.8 Å². The maximum absolute atomic E-state index is 13.0. The van der Waals surface area contributed by atoms with Gasteiger partial charge in [0.05, 0.1) is 30.8 Å². The minimum Gasteiger partial charge on any atom is -0.383 e. The standard InChI is InChI=1S/C20H27N3O4S/c1-3-22(19(24)17-9-10-17)14-18-13-21-20(23(18)11-12-27-2)28(25,26)15-16-7-5-4-6-8-16/h4-8,13,17H,3,9-12,14-15H2,1-2H3. The molecule has 2 aromatic rings. The van der Waals surface area contributed by atoms with Crippen molar-refractivity contribution in [1.29, 1.82) is 0 Å². The van der Waals surface area contributed by atoms with Crippen LogP contribution in [0.5, 0.6) is 0 Å². The first-order valence-corrected chi connectivity index (χ1v) is 11.2. The number of methoxy groups -OCH3 is 1. The number of imidazole rings is 1. The SMILES string of the molecule is CCN(Cc1cnc(S(=O)(=O)Cc2ccccc2)n1CCOC)C(=O)C1CC1. The third-order valence-corrected chi connectivity index (χ3v) is 6.47. The molecule has 1 aliphatic rings. The van der Waals surface area contributed by atoms with Crippen molar-refractivity contribution in [2.45, 2.75) is 43.8 Å². The van der Waals surface area contributed by atoms with Crippen molar-refractivity contribution in [3.8, 4) is 0 Å². The summed E-state index contributed by atoms with van der Waals surface area (Å²) in [6.07, 6.45) is 3.44. The van der Waals surface area contributed by atoms with Crippen LogP contribution in [0.25, 0.3) is 0 Å². The Kier molecular flexibility index (Phi) is 6.51. The number of hydrogen-bond donors (Lipinski definition) is 0. The summed E-state index contributed by atoms with van der Waals surface area (Å²) in [7, 11) is -2.05. The predicted molar refractivity (Wildman–Crippen MR) is 105 cm³/mol. The number of rotatable bonds is 10. The lowest BCUT2D eigenvalue weighted by Gasteiger charge is -2.22. The summed E-state index contributed by atoms with van der Waals surface area (Å²) in [4.78, 5) is 18.5. The minimum atomic E-state index is -3.63. The average molecular weight is 406 g/mol. The van der Waals surface area contributed by atoms with E-state index in [1.54, 1.807) is 34.9 Å². The van der Waals surface area contributed by atoms with E-state index in [2.05, 4.69) is 4.98 Å². The summed E-state index contributed by atoms with van der Waals surface area (Å²) in [5.41, 5.74) is 1.42. The highest BCUT2D eigenvalue weighted by Crippen LogP contribution is 2.31. The van der Waals surface area contributed by atoms with Gasteiger partial charge in [0.1, 0.15) is 0 Å². The molecule has 0 unspecified atom stereocenters. The van der Waals surface area contributed by atoms with Crippen molar-refractivity contribution in [3.63, 3.8) is 0 Å². The van der Waals surface area contributed by atoms with Crippen LogP contribution in [-0.2, 0) is 38.2 Å². The molecule has 7 nitrogen and oxygen atoms in total. The highest BCUT2D eigenvalue weighted by molar-refractivity contribution is 7.90. The van der Waals surface area contributed by atoms with Crippen LogP contribution in [-0.4, -0.2) is 49.0 Å². The zero-order chi connectivity index (χ0) is 20.1. The van der Waals surface area contributed by atoms with E-state index in [0.29, 0.717) is 37.5 Å². The molecule has 0 bridgehead atoms. The monoisotopic (exact) mass is 405 g/mol. The van der Waals surface area contributed by atoms with Gasteiger partial charge in [-0.1, -0.05) is 30.3 Å². The number of nitrogens with zero attached hydrogens (tertiary/aromatic N) is 3. The van der Waals surface area contributed by atoms with Gasteiger partial charge in [-0.15, -0.1) is 0 Å². The van der Waals surface area contributed by atoms with Gasteiger partial charge in [0, 0.05) is 26.1 Å². The summed E-state index contributed by atoms with van der Waals surface area (Å²) < 4.78 is 32.8. The Bertz CT molecular complexity index is 905. The molecular formula is C20H27N3O4S. The van der Waals surface area contributed by atoms with Gasteiger partial charge in [0.25, 0.3) is 0 Å². The first-order valence-electron chi connectivity index (χ1n) is 9.55. The molecule has 3 rings (SSSR count). The first-order chi connectivity index (χ1) is 13.5. The normalized spacial score (nSPS) is 14.2. The van der Waals surface area contributed by atoms with Gasteiger partial charge in [0.2, 0.25) is 20.9 Å². The Morgan fingerprint density at radius 1 is 1.29 bits per heavy atom. The second kappa shape index (κ2) is 8.87. The number of hydrogen-bond acceptors (Lipinski definition) is 5. The molecule has 0 radical (unpaired) electrons. The summed E-state index contributed by atoms with van der Waals surface area (Å²) in [5.74, 6) is 0.141. The highest BCUT2D eigenvalue weighted by Gasteiger charge is 2.33. The summed E-state index contributed by atoms with van der Waals surface area (Å²) >= 11 is 0. The van der Waals surface area contributed by atoms with Crippen LogP contribution in [0.15, 0.2) is 41.7 Å². The molecule has 1 amide bonds. The van der Waals surface area contributed by atoms with Crippen molar-refractivity contribution >= 4 is 15.7 Å². The largest absolute Gasteiger partial charge is 0.383 e. The number of sulfone groups is 1. The number of benzene rings is 1. The number of aromatic nitrogens is 2. The molecular weight excluding hydrogens is 378 g/mol. The molecule has 1 saturated carbocycles. The Balaban J connectivity index is 1.87. The van der Waals surface area contributed by atoms with Crippen LogP contribution >= 0.6 is 0 Å². The molecule has 152 valence electrons. The predicted octanol–water partition coefficient (Wildman–Crippen LogP) is 2.26. The number of carbonyl (C=O) groups is 1. The maximum Gasteiger partial charge on any atom is 0.228 e. The molecule has 1 fully saturated rings. The van der Waals surface area contributed by atoms with E-state index in [4.69, 9.17) is 4.74 Å². The Morgan fingerprint density at radius 2 is 2.00 bits per heavy atom. The average Bonchev–Trinajstić information content (AvgIpc) is 3.45. The van der Waals surface area contributed by atoms with Crippen molar-refractivity contribution in [2.24, 2.45) is 5.92 Å². The second-order valence-electron chi connectivity index (χ2n) is 7.05. The van der Waals surface area contributed by atoms with Crippen LogP contribution in [0.1, 0.15) is 31.0 Å². The Hall–Kier alpha value is -2.19. The lowest BCUT2D eigenvalue weighted by Crippen LogP contribution is -2.32. The zero-order valence-electron chi connectivity index (χ0n) is 16.4. The molecule has 1 aromatic carbocycles. The van der Waals surface area contributed by atoms with E-state index in [1.807, 2.05) is 25.1 Å². The highest BCUT2D eigenvalue weighted by atomic mass is 32.2. The van der Waals surface area contributed by atoms with Crippen LogP contribution < -0.4 is 0 Å². The smallest absolute Gasteiger partial charge is 0.228 e.